The van der Waals surface area contributed by atoms with Crippen molar-refractivity contribution in [3.05, 3.63) is 12.2 Å². The summed E-state index contributed by atoms with van der Waals surface area (Å²) in [6.45, 7) is 1.81. The lowest BCUT2D eigenvalue weighted by Crippen LogP contribution is -2.66. The van der Waals surface area contributed by atoms with Crippen molar-refractivity contribution >= 4 is 5.91 Å². The van der Waals surface area contributed by atoms with Crippen molar-refractivity contribution in [1.29, 1.82) is 0 Å². The fraction of sp³-hybridized carbons (Fsp3) is 0.963. The molecule has 3 aliphatic heterocycles. The lowest BCUT2D eigenvalue weighted by atomic mass is 9.96. The van der Waals surface area contributed by atoms with Gasteiger partial charge in [0.25, 0.3) is 0 Å². The van der Waals surface area contributed by atoms with Gasteiger partial charge >= 0.3 is 0 Å². The summed E-state index contributed by atoms with van der Waals surface area (Å²) in [4.78, 5) is 13.5. The highest BCUT2D eigenvalue weighted by Gasteiger charge is 2.54. The van der Waals surface area contributed by atoms with Crippen LogP contribution in [-0.4, -0.2) is 193 Å². The van der Waals surface area contributed by atoms with Gasteiger partial charge in [0.1, 0.15) is 73.2 Å². The van der Waals surface area contributed by atoms with E-state index in [1.165, 1.54) is 289 Å². The number of hydrogen-bond acceptors (Lipinski definition) is 18. The molecule has 3 heterocycles. The maximum atomic E-state index is 13.5. The van der Waals surface area contributed by atoms with E-state index in [9.17, 15) is 61.0 Å². The van der Waals surface area contributed by atoms with E-state index in [-0.39, 0.29) is 18.9 Å². The zero-order valence-electron chi connectivity index (χ0n) is 62.8. The third-order valence-corrected chi connectivity index (χ3v) is 21.1. The molecule has 12 N–H and O–H groups in total. The van der Waals surface area contributed by atoms with E-state index in [1.54, 1.807) is 6.08 Å². The van der Waals surface area contributed by atoms with Gasteiger partial charge in [0.15, 0.2) is 18.9 Å². The fourth-order valence-corrected chi connectivity index (χ4v) is 14.4. The molecule has 19 nitrogen and oxygen atoms in total. The normalized spacial score (nSPS) is 26.6. The lowest BCUT2D eigenvalue weighted by molar-refractivity contribution is -0.379. The molecule has 3 saturated heterocycles. The van der Waals surface area contributed by atoms with Gasteiger partial charge in [0.05, 0.1) is 38.6 Å². The third-order valence-electron chi connectivity index (χ3n) is 21.1. The Kier molecular flexibility index (Phi) is 57.1. The Hall–Kier alpha value is -1.47. The van der Waals surface area contributed by atoms with Crippen LogP contribution in [0, 0.1) is 0 Å². The van der Waals surface area contributed by atoms with Crippen LogP contribution in [0.25, 0.3) is 0 Å². The molecule has 3 fully saturated rings. The molecular formula is C80H153NO18. The fourth-order valence-electron chi connectivity index (χ4n) is 14.4. The van der Waals surface area contributed by atoms with Crippen LogP contribution in [0.4, 0.5) is 0 Å². The third kappa shape index (κ3) is 41.9. The van der Waals surface area contributed by atoms with E-state index >= 15 is 0 Å². The molecule has 1 amide bonds. The van der Waals surface area contributed by atoms with Crippen LogP contribution >= 0.6 is 0 Å². The number of allylic oxidation sites excluding steroid dienone is 1. The van der Waals surface area contributed by atoms with Crippen molar-refractivity contribution in [2.45, 2.75) is 465 Å². The Morgan fingerprint density at radius 3 is 0.949 bits per heavy atom. The number of unbranched alkanes of at least 4 members (excludes halogenated alkanes) is 51. The van der Waals surface area contributed by atoms with Crippen molar-refractivity contribution in [2.24, 2.45) is 0 Å². The zero-order valence-corrected chi connectivity index (χ0v) is 62.8. The molecule has 3 rings (SSSR count). The van der Waals surface area contributed by atoms with Gasteiger partial charge in [0, 0.05) is 6.42 Å². The summed E-state index contributed by atoms with van der Waals surface area (Å²) in [6, 6.07) is -0.970. The largest absolute Gasteiger partial charge is 0.394 e. The molecule has 3 aliphatic rings. The van der Waals surface area contributed by atoms with Crippen molar-refractivity contribution in [3.63, 3.8) is 0 Å². The molecule has 0 aromatic carbocycles. The standard InChI is InChI=1S/C80H153NO18/c1-3-5-7-9-11-13-15-17-19-21-23-25-27-29-31-33-35-37-39-41-43-45-47-49-51-53-55-57-64(85)63(81-68(86)58-56-54-52-50-48-46-44-42-40-38-36-34-32-30-28-26-24-22-20-18-16-14-12-10-8-6-4-2)62-94-78-74(92)71(89)76(66(60-83)96-78)99-80-75(93)72(90)77(67(61-84)97-80)98-79-73(91)70(88)69(87)65(59-82)95-79/h55,57,63-67,69-80,82-85,87-93H,3-54,56,58-62H2,1-2H3,(H,81,86)/b57-55+. The molecule has 0 aromatic heterocycles. The van der Waals surface area contributed by atoms with Crippen LogP contribution in [0.2, 0.25) is 0 Å². The number of amides is 1. The maximum Gasteiger partial charge on any atom is 0.220 e. The van der Waals surface area contributed by atoms with Gasteiger partial charge in [-0.15, -0.1) is 0 Å². The Morgan fingerprint density at radius 2 is 0.626 bits per heavy atom. The maximum absolute atomic E-state index is 13.5. The highest BCUT2D eigenvalue weighted by Crippen LogP contribution is 2.33. The van der Waals surface area contributed by atoms with Crippen molar-refractivity contribution in [1.82, 2.24) is 5.32 Å². The van der Waals surface area contributed by atoms with Crippen LogP contribution in [0.5, 0.6) is 0 Å². The SMILES string of the molecule is CCCCCCCCCCCCCCCCCCCCCCCCCCC/C=C/C(O)C(COC1OC(CO)C(OC2OC(CO)C(OC3OC(CO)C(O)C(O)C3O)C(O)C2O)C(O)C1O)NC(=O)CCCCCCCCCCCCCCCCCCCCCCCCCCCCC. The second kappa shape index (κ2) is 61.7. The number of carbonyl (C=O) groups excluding carboxylic acids is 1. The summed E-state index contributed by atoms with van der Waals surface area (Å²) >= 11 is 0. The van der Waals surface area contributed by atoms with Gasteiger partial charge in [-0.25, -0.2) is 0 Å². The van der Waals surface area contributed by atoms with Gasteiger partial charge in [-0.1, -0.05) is 347 Å². The van der Waals surface area contributed by atoms with E-state index in [4.69, 9.17) is 28.4 Å². The molecule has 0 spiro atoms. The molecule has 19 heteroatoms. The average Bonchev–Trinajstić information content (AvgIpc) is 0.781. The Bertz CT molecular complexity index is 1840. The average molecular weight is 1420 g/mol. The number of aliphatic hydroxyl groups is 11. The van der Waals surface area contributed by atoms with Gasteiger partial charge in [0.2, 0.25) is 5.91 Å². The number of carbonyl (C=O) groups is 1. The van der Waals surface area contributed by atoms with Crippen LogP contribution in [0.15, 0.2) is 12.2 Å². The van der Waals surface area contributed by atoms with Gasteiger partial charge in [-0.2, -0.15) is 0 Å². The van der Waals surface area contributed by atoms with Crippen LogP contribution in [-0.2, 0) is 33.2 Å². The summed E-state index contributed by atoms with van der Waals surface area (Å²) in [5.74, 6) is -0.266. The van der Waals surface area contributed by atoms with Gasteiger partial charge in [-0.3, -0.25) is 4.79 Å². The summed E-state index contributed by atoms with van der Waals surface area (Å²) < 4.78 is 34.5. The molecule has 0 aliphatic carbocycles. The summed E-state index contributed by atoms with van der Waals surface area (Å²) in [5, 5.41) is 121. The van der Waals surface area contributed by atoms with E-state index in [1.807, 2.05) is 6.08 Å². The Balaban J connectivity index is 1.37. The summed E-state index contributed by atoms with van der Waals surface area (Å²) in [7, 11) is 0. The second-order valence-electron chi connectivity index (χ2n) is 30.0. The monoisotopic (exact) mass is 1420 g/mol. The highest BCUT2D eigenvalue weighted by atomic mass is 16.8. The molecule has 586 valence electrons. The topological polar surface area (TPSA) is 307 Å². The Labute approximate surface area is 601 Å². The number of hydrogen-bond donors (Lipinski definition) is 12. The quantitative estimate of drug-likeness (QED) is 0.0199. The molecular weight excluding hydrogens is 1260 g/mol. The van der Waals surface area contributed by atoms with E-state index < -0.39 is 124 Å². The molecule has 17 atom stereocenters. The predicted octanol–water partition coefficient (Wildman–Crippen LogP) is 14.0. The molecule has 0 radical (unpaired) electrons. The minimum absolute atomic E-state index is 0.250. The molecule has 99 heavy (non-hydrogen) atoms. The second-order valence-corrected chi connectivity index (χ2v) is 30.0. The first-order valence-electron chi connectivity index (χ1n) is 41.4. The zero-order chi connectivity index (χ0) is 71.8. The van der Waals surface area contributed by atoms with E-state index in [0.29, 0.717) is 6.42 Å². The first-order valence-corrected chi connectivity index (χ1v) is 41.4. The van der Waals surface area contributed by atoms with Crippen molar-refractivity contribution in [3.8, 4) is 0 Å². The Morgan fingerprint density at radius 1 is 0.354 bits per heavy atom. The van der Waals surface area contributed by atoms with E-state index in [2.05, 4.69) is 19.2 Å². The van der Waals surface area contributed by atoms with Crippen LogP contribution < -0.4 is 5.32 Å². The predicted molar refractivity (Wildman–Crippen MR) is 393 cm³/mol. The lowest BCUT2D eigenvalue weighted by Gasteiger charge is -2.48. The number of rotatable bonds is 67. The minimum Gasteiger partial charge on any atom is -0.394 e. The molecule has 0 bridgehead atoms. The van der Waals surface area contributed by atoms with Crippen LogP contribution in [0.3, 0.4) is 0 Å². The van der Waals surface area contributed by atoms with Gasteiger partial charge in [-0.05, 0) is 19.3 Å². The van der Waals surface area contributed by atoms with Crippen molar-refractivity contribution in [2.75, 3.05) is 26.4 Å². The number of aliphatic hydroxyl groups excluding tert-OH is 11. The van der Waals surface area contributed by atoms with Crippen LogP contribution in [0.1, 0.15) is 361 Å². The first-order chi connectivity index (χ1) is 48.3. The minimum atomic E-state index is -1.98. The summed E-state index contributed by atoms with van der Waals surface area (Å²) in [6.07, 6.45) is 46.3. The first kappa shape index (κ1) is 91.7. The smallest absolute Gasteiger partial charge is 0.220 e. The van der Waals surface area contributed by atoms with E-state index in [0.717, 1.165) is 44.9 Å². The molecule has 0 aromatic rings. The van der Waals surface area contributed by atoms with Crippen molar-refractivity contribution < 1.29 is 89.4 Å². The molecule has 17 unspecified atom stereocenters. The highest BCUT2D eigenvalue weighted by molar-refractivity contribution is 5.76. The summed E-state index contributed by atoms with van der Waals surface area (Å²) in [5.41, 5.74) is 0. The number of ether oxygens (including phenoxy) is 6. The number of nitrogens with one attached hydrogen (secondary N) is 1. The molecule has 0 saturated carbocycles. The van der Waals surface area contributed by atoms with Gasteiger partial charge < -0.3 is 89.9 Å².